The Morgan fingerprint density at radius 2 is 1.90 bits per heavy atom. The summed E-state index contributed by atoms with van der Waals surface area (Å²) in [5.41, 5.74) is 9.75. The molecule has 0 N–H and O–H groups in total. The van der Waals surface area contributed by atoms with Crippen molar-refractivity contribution >= 4 is 17.0 Å². The van der Waals surface area contributed by atoms with Crippen LogP contribution < -0.4 is 5.56 Å². The zero-order valence-corrected chi connectivity index (χ0v) is 16.3. The number of carbonyl (C=O) groups is 1. The molecule has 0 aliphatic rings. The molecule has 29 heavy (non-hydrogen) atoms. The molecular formula is C21H21N5O3. The summed E-state index contributed by atoms with van der Waals surface area (Å²) < 4.78 is 6.90. The van der Waals surface area contributed by atoms with E-state index in [2.05, 4.69) is 15.0 Å². The van der Waals surface area contributed by atoms with E-state index in [9.17, 15) is 9.59 Å². The van der Waals surface area contributed by atoms with Crippen molar-refractivity contribution in [3.63, 3.8) is 0 Å². The number of hydrogen-bond acceptors (Lipinski definition) is 5. The number of carbonyl (C=O) groups excluding carboxylic acids is 1. The molecule has 0 fully saturated rings. The molecule has 0 aliphatic carbocycles. The van der Waals surface area contributed by atoms with E-state index in [1.54, 1.807) is 38.2 Å². The fraction of sp³-hybridized carbons (Fsp3) is 0.286. The normalized spacial score (nSPS) is 12.8. The molecule has 1 heterocycles. The van der Waals surface area contributed by atoms with Gasteiger partial charge in [0.2, 0.25) is 0 Å². The first kappa shape index (κ1) is 20.1. The molecule has 8 heteroatoms. The first-order chi connectivity index (χ1) is 14.0. The van der Waals surface area contributed by atoms with Crippen molar-refractivity contribution in [2.75, 3.05) is 13.2 Å². The molecule has 148 valence electrons. The summed E-state index contributed by atoms with van der Waals surface area (Å²) in [6.45, 7) is 1.87. The van der Waals surface area contributed by atoms with Gasteiger partial charge in [-0.2, -0.15) is 0 Å². The zero-order chi connectivity index (χ0) is 20.9. The van der Waals surface area contributed by atoms with Crippen LogP contribution in [0.2, 0.25) is 0 Å². The fourth-order valence-corrected chi connectivity index (χ4v) is 3.16. The highest BCUT2D eigenvalue weighted by Crippen LogP contribution is 2.26. The first-order valence-corrected chi connectivity index (χ1v) is 9.15. The van der Waals surface area contributed by atoms with Crippen LogP contribution in [0.15, 0.2) is 64.5 Å². The Hall–Kier alpha value is -3.64. The average molecular weight is 391 g/mol. The molecule has 0 unspecified atom stereocenters. The zero-order valence-electron chi connectivity index (χ0n) is 16.3. The smallest absolute Gasteiger partial charge is 0.338 e. The summed E-state index contributed by atoms with van der Waals surface area (Å²) in [6.07, 6.45) is 0.283. The van der Waals surface area contributed by atoms with E-state index in [0.29, 0.717) is 16.6 Å². The van der Waals surface area contributed by atoms with Gasteiger partial charge in [0.05, 0.1) is 23.2 Å². The number of aromatic nitrogens is 2. The number of ether oxygens (including phenoxy) is 1. The monoisotopic (exact) mass is 391 g/mol. The molecule has 0 bridgehead atoms. The maximum atomic E-state index is 13.0. The predicted octanol–water partition coefficient (Wildman–Crippen LogP) is 3.75. The first-order valence-electron chi connectivity index (χ1n) is 9.15. The van der Waals surface area contributed by atoms with Gasteiger partial charge in [-0.25, -0.2) is 9.78 Å². The van der Waals surface area contributed by atoms with Crippen LogP contribution in [0.5, 0.6) is 0 Å². The van der Waals surface area contributed by atoms with Crippen LogP contribution in [0.4, 0.5) is 0 Å². The van der Waals surface area contributed by atoms with Gasteiger partial charge in [0.25, 0.3) is 5.56 Å². The Morgan fingerprint density at radius 1 is 1.21 bits per heavy atom. The van der Waals surface area contributed by atoms with E-state index < -0.39 is 11.4 Å². The highest BCUT2D eigenvalue weighted by atomic mass is 16.5. The summed E-state index contributed by atoms with van der Waals surface area (Å²) >= 11 is 0. The van der Waals surface area contributed by atoms with E-state index in [0.717, 1.165) is 0 Å². The summed E-state index contributed by atoms with van der Waals surface area (Å²) in [6, 6.07) is 16.0. The minimum Gasteiger partial charge on any atom is -0.462 e. The van der Waals surface area contributed by atoms with E-state index in [-0.39, 0.29) is 30.8 Å². The molecule has 1 atom stereocenters. The molecule has 0 spiro atoms. The number of para-hydroxylation sites is 2. The molecule has 0 amide bonds. The van der Waals surface area contributed by atoms with E-state index in [1.807, 2.05) is 30.3 Å². The molecular weight excluding hydrogens is 370 g/mol. The Bertz CT molecular complexity index is 1140. The van der Waals surface area contributed by atoms with Gasteiger partial charge < -0.3 is 9.30 Å². The standard InChI is InChI=1S/C21H21N5O3/c1-21(14-23-25-22,12-13-29-20(28)15-8-4-3-5-9-15)18-19(27)26(2)17-11-7-6-10-16(17)24-18/h3-11H,12-14H2,1-2H3/t21-/m0/s1. The number of azide groups is 1. The SMILES string of the molecule is Cn1c(=O)c([C@@](C)(CCOC(=O)c2ccccc2)CN=[N+]=[N-])nc2ccccc21. The molecule has 8 nitrogen and oxygen atoms in total. The number of nitrogens with zero attached hydrogens (tertiary/aromatic N) is 5. The third kappa shape index (κ3) is 4.28. The quantitative estimate of drug-likeness (QED) is 0.264. The lowest BCUT2D eigenvalue weighted by atomic mass is 9.83. The van der Waals surface area contributed by atoms with E-state index in [4.69, 9.17) is 10.3 Å². The van der Waals surface area contributed by atoms with Crippen LogP contribution in [0.25, 0.3) is 21.5 Å². The van der Waals surface area contributed by atoms with Crippen LogP contribution in [0, 0.1) is 0 Å². The topological polar surface area (TPSA) is 110 Å². The molecule has 3 rings (SSSR count). The van der Waals surface area contributed by atoms with Crippen molar-refractivity contribution in [3.8, 4) is 0 Å². The van der Waals surface area contributed by atoms with Crippen molar-refractivity contribution in [2.24, 2.45) is 12.2 Å². The van der Waals surface area contributed by atoms with Crippen LogP contribution in [0.3, 0.4) is 0 Å². The second-order valence-electron chi connectivity index (χ2n) is 7.01. The Morgan fingerprint density at radius 3 is 2.62 bits per heavy atom. The van der Waals surface area contributed by atoms with Gasteiger partial charge in [-0.3, -0.25) is 4.79 Å². The van der Waals surface area contributed by atoms with Crippen molar-refractivity contribution in [3.05, 3.63) is 86.7 Å². The molecule has 3 aromatic rings. The van der Waals surface area contributed by atoms with Gasteiger partial charge in [-0.05, 0) is 36.2 Å². The molecule has 1 aromatic heterocycles. The van der Waals surface area contributed by atoms with E-state index >= 15 is 0 Å². The maximum absolute atomic E-state index is 13.0. The van der Waals surface area contributed by atoms with E-state index in [1.165, 1.54) is 4.57 Å². The second-order valence-corrected chi connectivity index (χ2v) is 7.01. The third-order valence-electron chi connectivity index (χ3n) is 4.93. The third-order valence-corrected chi connectivity index (χ3v) is 4.93. The van der Waals surface area contributed by atoms with Gasteiger partial charge in [-0.15, -0.1) is 0 Å². The maximum Gasteiger partial charge on any atom is 0.338 e. The molecule has 0 saturated carbocycles. The molecule has 0 saturated heterocycles. The van der Waals surface area contributed by atoms with Crippen LogP contribution in [0.1, 0.15) is 29.4 Å². The second kappa shape index (κ2) is 8.58. The van der Waals surface area contributed by atoms with Crippen molar-refractivity contribution < 1.29 is 9.53 Å². The van der Waals surface area contributed by atoms with Gasteiger partial charge in [0.1, 0.15) is 5.69 Å². The largest absolute Gasteiger partial charge is 0.462 e. The summed E-state index contributed by atoms with van der Waals surface area (Å²) in [5.74, 6) is -0.448. The van der Waals surface area contributed by atoms with Crippen LogP contribution in [-0.2, 0) is 17.2 Å². The number of fused-ring (bicyclic) bond motifs is 1. The molecule has 2 aromatic carbocycles. The van der Waals surface area contributed by atoms with Gasteiger partial charge in [0, 0.05) is 23.9 Å². The number of esters is 1. The Labute approximate surface area is 167 Å². The Kier molecular flexibility index (Phi) is 5.95. The summed E-state index contributed by atoms with van der Waals surface area (Å²) in [5, 5.41) is 3.68. The lowest BCUT2D eigenvalue weighted by Gasteiger charge is -2.27. The summed E-state index contributed by atoms with van der Waals surface area (Å²) in [4.78, 5) is 32.6. The van der Waals surface area contributed by atoms with Gasteiger partial charge >= 0.3 is 5.97 Å². The molecule has 0 aliphatic heterocycles. The van der Waals surface area contributed by atoms with Crippen molar-refractivity contribution in [1.82, 2.24) is 9.55 Å². The molecule has 0 radical (unpaired) electrons. The van der Waals surface area contributed by atoms with Crippen molar-refractivity contribution in [1.29, 1.82) is 0 Å². The number of rotatable bonds is 7. The highest BCUT2D eigenvalue weighted by molar-refractivity contribution is 5.89. The summed E-state index contributed by atoms with van der Waals surface area (Å²) in [7, 11) is 1.68. The van der Waals surface area contributed by atoms with Gasteiger partial charge in [-0.1, -0.05) is 42.4 Å². The minimum absolute atomic E-state index is 0.0208. The predicted molar refractivity (Wildman–Crippen MR) is 110 cm³/mol. The number of benzene rings is 2. The Balaban J connectivity index is 1.90. The van der Waals surface area contributed by atoms with Crippen LogP contribution in [-0.4, -0.2) is 28.7 Å². The highest BCUT2D eigenvalue weighted by Gasteiger charge is 2.32. The lowest BCUT2D eigenvalue weighted by molar-refractivity contribution is 0.0476. The van der Waals surface area contributed by atoms with Crippen molar-refractivity contribution in [2.45, 2.75) is 18.8 Å². The minimum atomic E-state index is -0.887. The van der Waals surface area contributed by atoms with Gasteiger partial charge in [0.15, 0.2) is 0 Å². The van der Waals surface area contributed by atoms with Crippen LogP contribution >= 0.6 is 0 Å². The number of aryl methyl sites for hydroxylation is 1. The number of hydrogen-bond donors (Lipinski definition) is 0. The average Bonchev–Trinajstić information content (AvgIpc) is 2.75. The fourth-order valence-electron chi connectivity index (χ4n) is 3.16. The lowest BCUT2D eigenvalue weighted by Crippen LogP contribution is -2.38.